The summed E-state index contributed by atoms with van der Waals surface area (Å²) in [6.07, 6.45) is 1.89. The van der Waals surface area contributed by atoms with Crippen LogP contribution < -0.4 is 4.74 Å². The average Bonchev–Trinajstić information content (AvgIpc) is 2.99. The van der Waals surface area contributed by atoms with E-state index in [9.17, 15) is 9.59 Å². The number of carbonyl (C=O) groups excluding carboxylic acids is 2. The molecule has 2 amide bonds. The van der Waals surface area contributed by atoms with Crippen LogP contribution in [0.2, 0.25) is 0 Å². The summed E-state index contributed by atoms with van der Waals surface area (Å²) < 4.78 is 7.75. The Hall–Kier alpha value is -2.70. The van der Waals surface area contributed by atoms with E-state index in [0.29, 0.717) is 11.1 Å². The molecule has 0 saturated carbocycles. The Labute approximate surface area is 191 Å². The van der Waals surface area contributed by atoms with Gasteiger partial charge in [-0.25, -0.2) is 0 Å². The van der Waals surface area contributed by atoms with E-state index < -0.39 is 0 Å². The predicted molar refractivity (Wildman–Crippen MR) is 124 cm³/mol. The average molecular weight is 527 g/mol. The summed E-state index contributed by atoms with van der Waals surface area (Å²) in [5, 5.41) is 0. The second-order valence-corrected chi connectivity index (χ2v) is 8.62. The van der Waals surface area contributed by atoms with E-state index in [1.807, 2.05) is 55.5 Å². The summed E-state index contributed by atoms with van der Waals surface area (Å²) >= 11 is 6.92. The zero-order chi connectivity index (χ0) is 21.3. The van der Waals surface area contributed by atoms with Gasteiger partial charge in [-0.1, -0.05) is 46.3 Å². The number of ether oxygens (including phenoxy) is 1. The van der Waals surface area contributed by atoms with E-state index in [1.165, 1.54) is 4.90 Å². The lowest BCUT2D eigenvalue weighted by atomic mass is 10.1. The Balaban J connectivity index is 1.45. The summed E-state index contributed by atoms with van der Waals surface area (Å²) in [5.41, 5.74) is 2.90. The Kier molecular flexibility index (Phi) is 5.88. The maximum absolute atomic E-state index is 12.5. The molecule has 30 heavy (non-hydrogen) atoms. The highest BCUT2D eigenvalue weighted by molar-refractivity contribution is 9.11. The number of nitrogens with zero attached hydrogens (tertiary/aromatic N) is 1. The van der Waals surface area contributed by atoms with Gasteiger partial charge < -0.3 is 4.74 Å². The minimum absolute atomic E-state index is 0.238. The Morgan fingerprint density at radius 1 is 0.933 bits per heavy atom. The van der Waals surface area contributed by atoms with Crippen LogP contribution in [0, 0.1) is 0 Å². The molecule has 4 nitrogen and oxygen atoms in total. The third-order valence-corrected chi connectivity index (χ3v) is 6.00. The largest absolute Gasteiger partial charge is 0.456 e. The molecule has 1 heterocycles. The van der Waals surface area contributed by atoms with E-state index >= 15 is 0 Å². The topological polar surface area (TPSA) is 46.6 Å². The molecule has 0 saturated heterocycles. The Morgan fingerprint density at radius 3 is 2.17 bits per heavy atom. The molecule has 0 aliphatic carbocycles. The van der Waals surface area contributed by atoms with Crippen molar-refractivity contribution in [1.82, 2.24) is 4.90 Å². The van der Waals surface area contributed by atoms with Gasteiger partial charge in [-0.05, 0) is 76.5 Å². The van der Waals surface area contributed by atoms with E-state index in [1.54, 1.807) is 24.3 Å². The molecule has 3 aromatic carbocycles. The van der Waals surface area contributed by atoms with Crippen molar-refractivity contribution in [2.45, 2.75) is 6.92 Å². The number of carbonyl (C=O) groups is 2. The molecular formula is C24H17Br2NO3. The van der Waals surface area contributed by atoms with Crippen molar-refractivity contribution >= 4 is 49.2 Å². The van der Waals surface area contributed by atoms with Gasteiger partial charge in [-0.15, -0.1) is 0 Å². The third kappa shape index (κ3) is 4.11. The van der Waals surface area contributed by atoms with Crippen LogP contribution in [0.5, 0.6) is 11.5 Å². The van der Waals surface area contributed by atoms with Crippen LogP contribution in [-0.4, -0.2) is 23.3 Å². The molecule has 6 heteroatoms. The SMILES string of the molecule is C/C(=C/CN1C(=O)c2ccccc2C1=O)c1ccc(Oc2ccc(Br)cc2Br)cc1. The fourth-order valence-electron chi connectivity index (χ4n) is 3.22. The van der Waals surface area contributed by atoms with Crippen LogP contribution >= 0.6 is 31.9 Å². The molecule has 4 rings (SSSR count). The first kappa shape index (κ1) is 20.6. The second kappa shape index (κ2) is 8.58. The van der Waals surface area contributed by atoms with E-state index in [2.05, 4.69) is 31.9 Å². The summed E-state index contributed by atoms with van der Waals surface area (Å²) in [6, 6.07) is 20.3. The molecule has 0 atom stereocenters. The molecule has 0 unspecified atom stereocenters. The van der Waals surface area contributed by atoms with Gasteiger partial charge in [-0.2, -0.15) is 0 Å². The quantitative estimate of drug-likeness (QED) is 0.347. The fraction of sp³-hybridized carbons (Fsp3) is 0.0833. The number of hydrogen-bond acceptors (Lipinski definition) is 3. The van der Waals surface area contributed by atoms with Crippen molar-refractivity contribution in [3.05, 3.63) is 98.4 Å². The number of fused-ring (bicyclic) bond motifs is 1. The summed E-state index contributed by atoms with van der Waals surface area (Å²) in [6.45, 7) is 2.20. The highest BCUT2D eigenvalue weighted by Crippen LogP contribution is 2.32. The molecule has 0 spiro atoms. The molecule has 0 N–H and O–H groups in total. The van der Waals surface area contributed by atoms with Crippen molar-refractivity contribution in [1.29, 1.82) is 0 Å². The van der Waals surface area contributed by atoms with Gasteiger partial charge in [0.05, 0.1) is 15.6 Å². The highest BCUT2D eigenvalue weighted by Gasteiger charge is 2.34. The highest BCUT2D eigenvalue weighted by atomic mass is 79.9. The zero-order valence-corrected chi connectivity index (χ0v) is 19.2. The van der Waals surface area contributed by atoms with Crippen molar-refractivity contribution in [3.63, 3.8) is 0 Å². The number of benzene rings is 3. The molecule has 0 radical (unpaired) electrons. The smallest absolute Gasteiger partial charge is 0.261 e. The van der Waals surface area contributed by atoms with E-state index in [-0.39, 0.29) is 18.4 Å². The minimum atomic E-state index is -0.247. The van der Waals surface area contributed by atoms with Gasteiger partial charge in [0.15, 0.2) is 0 Å². The third-order valence-electron chi connectivity index (χ3n) is 4.89. The monoisotopic (exact) mass is 525 g/mol. The fourth-order valence-corrected chi connectivity index (χ4v) is 4.35. The normalized spacial score (nSPS) is 13.6. The van der Waals surface area contributed by atoms with E-state index in [4.69, 9.17) is 4.74 Å². The lowest BCUT2D eigenvalue weighted by molar-refractivity contribution is 0.0672. The van der Waals surface area contributed by atoms with Gasteiger partial charge in [0.2, 0.25) is 0 Å². The number of amides is 2. The van der Waals surface area contributed by atoms with Crippen molar-refractivity contribution < 1.29 is 14.3 Å². The summed E-state index contributed by atoms with van der Waals surface area (Å²) in [5.74, 6) is 0.950. The van der Waals surface area contributed by atoms with Crippen LogP contribution in [0.1, 0.15) is 33.2 Å². The lowest BCUT2D eigenvalue weighted by Crippen LogP contribution is -2.29. The molecule has 3 aromatic rings. The van der Waals surface area contributed by atoms with Crippen molar-refractivity contribution in [2.75, 3.05) is 6.54 Å². The molecule has 0 fully saturated rings. The molecule has 1 aliphatic heterocycles. The number of imide groups is 1. The van der Waals surface area contributed by atoms with Crippen LogP contribution in [0.15, 0.2) is 81.8 Å². The number of rotatable bonds is 5. The van der Waals surface area contributed by atoms with Crippen molar-refractivity contribution in [3.8, 4) is 11.5 Å². The van der Waals surface area contributed by atoms with Crippen LogP contribution in [-0.2, 0) is 0 Å². The van der Waals surface area contributed by atoms with Gasteiger partial charge >= 0.3 is 0 Å². The number of halogens is 2. The van der Waals surface area contributed by atoms with Gasteiger partial charge in [-0.3, -0.25) is 14.5 Å². The number of allylic oxidation sites excluding steroid dienone is 1. The van der Waals surface area contributed by atoms with Crippen molar-refractivity contribution in [2.24, 2.45) is 0 Å². The predicted octanol–water partition coefficient (Wildman–Crippen LogP) is 6.70. The summed E-state index contributed by atoms with van der Waals surface area (Å²) in [7, 11) is 0. The molecule has 0 bridgehead atoms. The van der Waals surface area contributed by atoms with Crippen LogP contribution in [0.25, 0.3) is 5.57 Å². The Morgan fingerprint density at radius 2 is 1.57 bits per heavy atom. The standard InChI is InChI=1S/C24H17Br2NO3/c1-15(12-13-27-23(28)19-4-2-3-5-20(19)24(27)29)16-6-9-18(10-7-16)30-22-11-8-17(25)14-21(22)26/h2-12,14H,13H2,1H3/b15-12-. The molecule has 150 valence electrons. The van der Waals surface area contributed by atoms with E-state index in [0.717, 1.165) is 31.6 Å². The lowest BCUT2D eigenvalue weighted by Gasteiger charge is -2.12. The number of hydrogen-bond donors (Lipinski definition) is 0. The first-order valence-corrected chi connectivity index (χ1v) is 10.9. The molecular weight excluding hydrogens is 510 g/mol. The van der Waals surface area contributed by atoms with Gasteiger partial charge in [0.1, 0.15) is 11.5 Å². The van der Waals surface area contributed by atoms with Crippen LogP contribution in [0.4, 0.5) is 0 Å². The zero-order valence-electron chi connectivity index (χ0n) is 16.1. The summed E-state index contributed by atoms with van der Waals surface area (Å²) in [4.78, 5) is 26.2. The first-order valence-electron chi connectivity index (χ1n) is 9.29. The second-order valence-electron chi connectivity index (χ2n) is 6.85. The maximum Gasteiger partial charge on any atom is 0.261 e. The van der Waals surface area contributed by atoms with Crippen LogP contribution in [0.3, 0.4) is 0 Å². The van der Waals surface area contributed by atoms with Gasteiger partial charge in [0.25, 0.3) is 11.8 Å². The Bertz CT molecular complexity index is 1130. The van der Waals surface area contributed by atoms with Gasteiger partial charge in [0, 0.05) is 11.0 Å². The molecule has 0 aromatic heterocycles. The first-order chi connectivity index (χ1) is 14.4. The minimum Gasteiger partial charge on any atom is -0.456 e. The maximum atomic E-state index is 12.5. The molecule has 1 aliphatic rings.